The first-order valence-corrected chi connectivity index (χ1v) is 6.25. The topological polar surface area (TPSA) is 83.4 Å². The second-order valence-corrected chi connectivity index (χ2v) is 5.17. The second-order valence-electron chi connectivity index (χ2n) is 5.17. The third-order valence-electron chi connectivity index (χ3n) is 2.34. The molecular formula is C14H21N3O3. The number of anilines is 1. The van der Waals surface area contributed by atoms with Gasteiger partial charge in [0.1, 0.15) is 11.4 Å². The third-order valence-corrected chi connectivity index (χ3v) is 2.34. The molecule has 1 amide bonds. The molecule has 0 aliphatic carbocycles. The van der Waals surface area contributed by atoms with Crippen molar-refractivity contribution in [2.24, 2.45) is 0 Å². The van der Waals surface area contributed by atoms with Gasteiger partial charge in [0.2, 0.25) is 0 Å². The van der Waals surface area contributed by atoms with Gasteiger partial charge in [-0.25, -0.2) is 4.79 Å². The molecular weight excluding hydrogens is 258 g/mol. The summed E-state index contributed by atoms with van der Waals surface area (Å²) in [7, 11) is 1.57. The first kappa shape index (κ1) is 15.8. The Kier molecular flexibility index (Phi) is 5.37. The Morgan fingerprint density at radius 1 is 1.40 bits per heavy atom. The number of carbonyl (C=O) groups is 1. The van der Waals surface area contributed by atoms with Crippen LogP contribution in [0.15, 0.2) is 18.2 Å². The van der Waals surface area contributed by atoms with Crippen molar-refractivity contribution >= 4 is 18.1 Å². The van der Waals surface area contributed by atoms with Crippen LogP contribution in [-0.2, 0) is 11.3 Å². The first-order valence-electron chi connectivity index (χ1n) is 6.25. The van der Waals surface area contributed by atoms with E-state index in [4.69, 9.17) is 14.9 Å². The molecule has 110 valence electrons. The van der Waals surface area contributed by atoms with Gasteiger partial charge in [-0.2, -0.15) is 0 Å². The molecule has 0 saturated heterocycles. The van der Waals surface area contributed by atoms with Crippen LogP contribution in [-0.4, -0.2) is 25.1 Å². The van der Waals surface area contributed by atoms with Crippen molar-refractivity contribution in [3.05, 3.63) is 23.8 Å². The van der Waals surface area contributed by atoms with Gasteiger partial charge in [-0.3, -0.25) is 5.41 Å². The van der Waals surface area contributed by atoms with Gasteiger partial charge in [-0.1, -0.05) is 0 Å². The highest BCUT2D eigenvalue weighted by Crippen LogP contribution is 2.22. The Morgan fingerprint density at radius 3 is 2.65 bits per heavy atom. The van der Waals surface area contributed by atoms with Crippen LogP contribution >= 0.6 is 0 Å². The predicted octanol–water partition coefficient (Wildman–Crippen LogP) is 2.74. The maximum atomic E-state index is 11.6. The average Bonchev–Trinajstić information content (AvgIpc) is 2.35. The van der Waals surface area contributed by atoms with Gasteiger partial charge in [-0.05, 0) is 39.0 Å². The predicted molar refractivity (Wildman–Crippen MR) is 78.5 cm³/mol. The zero-order valence-electron chi connectivity index (χ0n) is 12.2. The molecule has 0 fully saturated rings. The summed E-state index contributed by atoms with van der Waals surface area (Å²) in [5, 5.41) is 12.5. The Bertz CT molecular complexity index is 481. The van der Waals surface area contributed by atoms with Crippen molar-refractivity contribution < 1.29 is 14.3 Å². The van der Waals surface area contributed by atoms with Crippen LogP contribution in [0, 0.1) is 5.41 Å². The first-order chi connectivity index (χ1) is 9.35. The molecule has 0 aliphatic rings. The van der Waals surface area contributed by atoms with Crippen molar-refractivity contribution in [1.82, 2.24) is 5.32 Å². The summed E-state index contributed by atoms with van der Waals surface area (Å²) in [4.78, 5) is 11.6. The summed E-state index contributed by atoms with van der Waals surface area (Å²) < 4.78 is 10.4. The quantitative estimate of drug-likeness (QED) is 0.571. The molecule has 0 bridgehead atoms. The standard InChI is InChI=1S/C14H21N3O3/c1-14(2,3)20-13(18)16-8-10-7-11(17-9-15)5-6-12(10)19-4/h5-7,9H,8H2,1-4H3,(H2,15,17)(H,16,18). The highest BCUT2D eigenvalue weighted by Gasteiger charge is 2.16. The average molecular weight is 279 g/mol. The van der Waals surface area contributed by atoms with E-state index in [9.17, 15) is 4.79 Å². The molecule has 0 aliphatic heterocycles. The Labute approximate surface area is 119 Å². The van der Waals surface area contributed by atoms with E-state index in [0.717, 1.165) is 17.6 Å². The molecule has 1 aromatic carbocycles. The monoisotopic (exact) mass is 279 g/mol. The summed E-state index contributed by atoms with van der Waals surface area (Å²) in [6.07, 6.45) is 0.609. The van der Waals surface area contributed by atoms with Gasteiger partial charge >= 0.3 is 6.09 Å². The highest BCUT2D eigenvalue weighted by molar-refractivity contribution is 5.74. The molecule has 20 heavy (non-hydrogen) atoms. The minimum absolute atomic E-state index is 0.283. The molecule has 0 spiro atoms. The fraction of sp³-hybridized carbons (Fsp3) is 0.429. The lowest BCUT2D eigenvalue weighted by Gasteiger charge is -2.20. The smallest absolute Gasteiger partial charge is 0.407 e. The fourth-order valence-electron chi connectivity index (χ4n) is 1.57. The van der Waals surface area contributed by atoms with Crippen LogP contribution in [0.2, 0.25) is 0 Å². The number of hydrogen-bond donors (Lipinski definition) is 3. The van der Waals surface area contributed by atoms with Crippen molar-refractivity contribution in [2.75, 3.05) is 12.4 Å². The molecule has 0 radical (unpaired) electrons. The van der Waals surface area contributed by atoms with E-state index in [0.29, 0.717) is 5.75 Å². The van der Waals surface area contributed by atoms with Crippen LogP contribution in [0.1, 0.15) is 26.3 Å². The lowest BCUT2D eigenvalue weighted by Crippen LogP contribution is -2.32. The number of benzene rings is 1. The zero-order valence-corrected chi connectivity index (χ0v) is 12.2. The highest BCUT2D eigenvalue weighted by atomic mass is 16.6. The Hall–Kier alpha value is -2.24. The van der Waals surface area contributed by atoms with E-state index in [1.807, 2.05) is 20.8 Å². The molecule has 0 unspecified atom stereocenters. The summed E-state index contributed by atoms with van der Waals surface area (Å²) in [5.41, 5.74) is 1.02. The molecule has 6 heteroatoms. The number of hydrogen-bond acceptors (Lipinski definition) is 4. The number of rotatable bonds is 5. The van der Waals surface area contributed by atoms with Crippen molar-refractivity contribution in [1.29, 1.82) is 5.41 Å². The van der Waals surface area contributed by atoms with Gasteiger partial charge in [0.05, 0.1) is 13.4 Å². The Morgan fingerprint density at radius 2 is 2.10 bits per heavy atom. The minimum Gasteiger partial charge on any atom is -0.496 e. The van der Waals surface area contributed by atoms with Gasteiger partial charge in [-0.15, -0.1) is 0 Å². The number of alkyl carbamates (subject to hydrolysis) is 1. The van der Waals surface area contributed by atoms with E-state index < -0.39 is 11.7 Å². The van der Waals surface area contributed by atoms with Gasteiger partial charge in [0, 0.05) is 17.8 Å². The molecule has 0 atom stereocenters. The molecule has 3 N–H and O–H groups in total. The number of ether oxygens (including phenoxy) is 2. The normalized spacial score (nSPS) is 10.6. The van der Waals surface area contributed by atoms with Crippen LogP contribution in [0.3, 0.4) is 0 Å². The molecule has 1 rings (SSSR count). The second kappa shape index (κ2) is 6.79. The van der Waals surface area contributed by atoms with Crippen LogP contribution < -0.4 is 15.4 Å². The maximum Gasteiger partial charge on any atom is 0.407 e. The maximum absolute atomic E-state index is 11.6. The summed E-state index contributed by atoms with van der Waals surface area (Å²) >= 11 is 0. The Balaban J connectivity index is 2.72. The van der Waals surface area contributed by atoms with E-state index in [-0.39, 0.29) is 6.54 Å². The van der Waals surface area contributed by atoms with Crippen molar-refractivity contribution in [3.63, 3.8) is 0 Å². The molecule has 0 heterocycles. The van der Waals surface area contributed by atoms with E-state index in [2.05, 4.69) is 10.6 Å². The molecule has 0 aromatic heterocycles. The lowest BCUT2D eigenvalue weighted by molar-refractivity contribution is 0.0523. The van der Waals surface area contributed by atoms with Gasteiger partial charge < -0.3 is 20.1 Å². The van der Waals surface area contributed by atoms with E-state index in [1.165, 1.54) is 0 Å². The van der Waals surface area contributed by atoms with Crippen molar-refractivity contribution in [3.8, 4) is 5.75 Å². The SMILES string of the molecule is COc1ccc(NC=N)cc1CNC(=O)OC(C)(C)C. The molecule has 0 saturated carbocycles. The summed E-state index contributed by atoms with van der Waals surface area (Å²) in [6, 6.07) is 5.38. The number of amides is 1. The van der Waals surface area contributed by atoms with Crippen LogP contribution in [0.4, 0.5) is 10.5 Å². The lowest BCUT2D eigenvalue weighted by atomic mass is 10.1. The van der Waals surface area contributed by atoms with E-state index in [1.54, 1.807) is 25.3 Å². The van der Waals surface area contributed by atoms with Gasteiger partial charge in [0.25, 0.3) is 0 Å². The zero-order chi connectivity index (χ0) is 15.2. The number of nitrogens with one attached hydrogen (secondary N) is 3. The largest absolute Gasteiger partial charge is 0.496 e. The fourth-order valence-corrected chi connectivity index (χ4v) is 1.57. The third kappa shape index (κ3) is 5.17. The minimum atomic E-state index is -0.530. The van der Waals surface area contributed by atoms with Crippen LogP contribution in [0.5, 0.6) is 5.75 Å². The van der Waals surface area contributed by atoms with Gasteiger partial charge in [0.15, 0.2) is 0 Å². The van der Waals surface area contributed by atoms with E-state index >= 15 is 0 Å². The molecule has 1 aromatic rings. The number of carbonyl (C=O) groups excluding carboxylic acids is 1. The molecule has 6 nitrogen and oxygen atoms in total. The van der Waals surface area contributed by atoms with Crippen molar-refractivity contribution in [2.45, 2.75) is 32.9 Å². The summed E-state index contributed by atoms with van der Waals surface area (Å²) in [6.45, 7) is 5.71. The van der Waals surface area contributed by atoms with Crippen LogP contribution in [0.25, 0.3) is 0 Å². The number of methoxy groups -OCH3 is 1. The summed E-state index contributed by atoms with van der Waals surface area (Å²) in [5.74, 6) is 0.664.